The van der Waals surface area contributed by atoms with Crippen molar-refractivity contribution in [3.63, 3.8) is 0 Å². The van der Waals surface area contributed by atoms with Crippen LogP contribution in [0.15, 0.2) is 24.3 Å². The van der Waals surface area contributed by atoms with Gasteiger partial charge in [0, 0.05) is 32.7 Å². The first-order valence-corrected chi connectivity index (χ1v) is 7.76. The van der Waals surface area contributed by atoms with Crippen molar-refractivity contribution >= 4 is 5.97 Å². The maximum absolute atomic E-state index is 10.9. The highest BCUT2D eigenvalue weighted by Gasteiger charge is 2.13. The van der Waals surface area contributed by atoms with E-state index >= 15 is 0 Å². The molecule has 0 bridgehead atoms. The zero-order valence-electron chi connectivity index (χ0n) is 13.1. The number of carboxylic acid groups (broad SMARTS) is 1. The molecule has 1 aliphatic heterocycles. The van der Waals surface area contributed by atoms with Crippen LogP contribution in [0.25, 0.3) is 0 Å². The first kappa shape index (κ1) is 16.0. The molecule has 0 amide bonds. The SMILES string of the molecule is CC(Cc1ccc(CCN2CCN(C)CC2)cc1)C(=O)O. The Bertz CT molecular complexity index is 450. The van der Waals surface area contributed by atoms with Crippen molar-refractivity contribution < 1.29 is 9.90 Å². The van der Waals surface area contributed by atoms with Gasteiger partial charge in [-0.15, -0.1) is 0 Å². The molecule has 1 aromatic rings. The van der Waals surface area contributed by atoms with E-state index in [1.165, 1.54) is 5.56 Å². The first-order valence-electron chi connectivity index (χ1n) is 7.76. The summed E-state index contributed by atoms with van der Waals surface area (Å²) in [6.07, 6.45) is 1.67. The number of benzene rings is 1. The summed E-state index contributed by atoms with van der Waals surface area (Å²) in [5.74, 6) is -1.05. The van der Waals surface area contributed by atoms with Crippen LogP contribution in [0.4, 0.5) is 0 Å². The number of carboxylic acids is 1. The topological polar surface area (TPSA) is 43.8 Å². The Hall–Kier alpha value is -1.39. The van der Waals surface area contributed by atoms with Crippen molar-refractivity contribution in [1.29, 1.82) is 0 Å². The van der Waals surface area contributed by atoms with Gasteiger partial charge in [0.1, 0.15) is 0 Å². The van der Waals surface area contributed by atoms with E-state index in [1.807, 2.05) is 0 Å². The van der Waals surface area contributed by atoms with Gasteiger partial charge in [0.15, 0.2) is 0 Å². The van der Waals surface area contributed by atoms with Gasteiger partial charge in [0.2, 0.25) is 0 Å². The van der Waals surface area contributed by atoms with E-state index in [9.17, 15) is 4.79 Å². The molecule has 0 radical (unpaired) electrons. The van der Waals surface area contributed by atoms with Gasteiger partial charge >= 0.3 is 5.97 Å². The third-order valence-corrected chi connectivity index (χ3v) is 4.30. The molecule has 2 rings (SSSR count). The molecule has 1 heterocycles. The van der Waals surface area contributed by atoms with E-state index < -0.39 is 5.97 Å². The van der Waals surface area contributed by atoms with Gasteiger partial charge in [0.25, 0.3) is 0 Å². The second-order valence-corrected chi connectivity index (χ2v) is 6.15. The number of likely N-dealkylation sites (N-methyl/N-ethyl adjacent to an activating group) is 1. The highest BCUT2D eigenvalue weighted by Crippen LogP contribution is 2.11. The highest BCUT2D eigenvalue weighted by molar-refractivity contribution is 5.69. The number of carbonyl (C=O) groups is 1. The molecule has 116 valence electrons. The smallest absolute Gasteiger partial charge is 0.306 e. The molecule has 21 heavy (non-hydrogen) atoms. The second-order valence-electron chi connectivity index (χ2n) is 6.15. The lowest BCUT2D eigenvalue weighted by Crippen LogP contribution is -2.45. The fourth-order valence-corrected chi connectivity index (χ4v) is 2.64. The van der Waals surface area contributed by atoms with Crippen LogP contribution >= 0.6 is 0 Å². The zero-order valence-corrected chi connectivity index (χ0v) is 13.1. The van der Waals surface area contributed by atoms with E-state index in [1.54, 1.807) is 6.92 Å². The summed E-state index contributed by atoms with van der Waals surface area (Å²) in [5, 5.41) is 8.94. The van der Waals surface area contributed by atoms with Crippen molar-refractivity contribution in [2.45, 2.75) is 19.8 Å². The molecular formula is C17H26N2O2. The lowest BCUT2D eigenvalue weighted by Gasteiger charge is -2.32. The van der Waals surface area contributed by atoms with E-state index in [4.69, 9.17) is 5.11 Å². The molecule has 1 aliphatic rings. The monoisotopic (exact) mass is 290 g/mol. The zero-order chi connectivity index (χ0) is 15.2. The Morgan fingerprint density at radius 2 is 1.71 bits per heavy atom. The summed E-state index contributed by atoms with van der Waals surface area (Å²) in [6.45, 7) is 7.50. The molecule has 1 atom stereocenters. The van der Waals surface area contributed by atoms with Crippen LogP contribution in [0.1, 0.15) is 18.1 Å². The highest BCUT2D eigenvalue weighted by atomic mass is 16.4. The van der Waals surface area contributed by atoms with E-state index in [0.717, 1.165) is 44.7 Å². The number of hydrogen-bond donors (Lipinski definition) is 1. The normalized spacial score (nSPS) is 18.6. The molecule has 1 fully saturated rings. The number of nitrogens with zero attached hydrogens (tertiary/aromatic N) is 2. The molecule has 4 nitrogen and oxygen atoms in total. The molecule has 0 aliphatic carbocycles. The average Bonchev–Trinajstić information content (AvgIpc) is 2.48. The Morgan fingerprint density at radius 3 is 2.29 bits per heavy atom. The second kappa shape index (κ2) is 7.57. The summed E-state index contributed by atoms with van der Waals surface area (Å²) in [7, 11) is 2.17. The number of hydrogen-bond acceptors (Lipinski definition) is 3. The number of rotatable bonds is 6. The van der Waals surface area contributed by atoms with Gasteiger partial charge in [-0.1, -0.05) is 31.2 Å². The Morgan fingerprint density at radius 1 is 1.14 bits per heavy atom. The molecule has 1 N–H and O–H groups in total. The first-order chi connectivity index (χ1) is 10.0. The molecule has 1 aromatic carbocycles. The summed E-state index contributed by atoms with van der Waals surface area (Å²) >= 11 is 0. The minimum absolute atomic E-state index is 0.318. The van der Waals surface area contributed by atoms with Crippen molar-refractivity contribution in [3.8, 4) is 0 Å². The lowest BCUT2D eigenvalue weighted by atomic mass is 9.99. The van der Waals surface area contributed by atoms with Crippen LogP contribution in [0.3, 0.4) is 0 Å². The van der Waals surface area contributed by atoms with Crippen LogP contribution < -0.4 is 0 Å². The maximum atomic E-state index is 10.9. The van der Waals surface area contributed by atoms with Crippen LogP contribution in [0.2, 0.25) is 0 Å². The predicted molar refractivity (Wildman–Crippen MR) is 84.6 cm³/mol. The van der Waals surface area contributed by atoms with E-state index in [2.05, 4.69) is 41.1 Å². The number of piperazine rings is 1. The van der Waals surface area contributed by atoms with Gasteiger partial charge in [-0.3, -0.25) is 4.79 Å². The standard InChI is InChI=1S/C17H26N2O2/c1-14(17(20)21)13-16-5-3-15(4-6-16)7-8-19-11-9-18(2)10-12-19/h3-6,14H,7-13H2,1-2H3,(H,20,21). The van der Waals surface area contributed by atoms with E-state index in [-0.39, 0.29) is 5.92 Å². The van der Waals surface area contributed by atoms with Gasteiger partial charge in [-0.05, 0) is 31.0 Å². The quantitative estimate of drug-likeness (QED) is 0.867. The minimum Gasteiger partial charge on any atom is -0.481 e. The largest absolute Gasteiger partial charge is 0.481 e. The molecule has 1 saturated heterocycles. The Kier molecular flexibility index (Phi) is 5.76. The predicted octanol–water partition coefficient (Wildman–Crippen LogP) is 1.74. The van der Waals surface area contributed by atoms with Crippen LogP contribution in [-0.4, -0.2) is 60.6 Å². The third-order valence-electron chi connectivity index (χ3n) is 4.30. The van der Waals surface area contributed by atoms with Gasteiger partial charge < -0.3 is 14.9 Å². The molecule has 4 heteroatoms. The fraction of sp³-hybridized carbons (Fsp3) is 0.588. The van der Waals surface area contributed by atoms with Gasteiger partial charge in [0.05, 0.1) is 5.92 Å². The van der Waals surface area contributed by atoms with E-state index in [0.29, 0.717) is 6.42 Å². The lowest BCUT2D eigenvalue weighted by molar-refractivity contribution is -0.141. The molecular weight excluding hydrogens is 264 g/mol. The summed E-state index contributed by atoms with van der Waals surface area (Å²) < 4.78 is 0. The summed E-state index contributed by atoms with van der Waals surface area (Å²) in [5.41, 5.74) is 2.44. The van der Waals surface area contributed by atoms with Crippen LogP contribution in [0.5, 0.6) is 0 Å². The molecule has 0 aromatic heterocycles. The average molecular weight is 290 g/mol. The molecule has 1 unspecified atom stereocenters. The van der Waals surface area contributed by atoms with Gasteiger partial charge in [-0.2, -0.15) is 0 Å². The van der Waals surface area contributed by atoms with Crippen molar-refractivity contribution in [1.82, 2.24) is 9.80 Å². The minimum atomic E-state index is -0.728. The van der Waals surface area contributed by atoms with Crippen LogP contribution in [-0.2, 0) is 17.6 Å². The number of aliphatic carboxylic acids is 1. The summed E-state index contributed by atoms with van der Waals surface area (Å²) in [6, 6.07) is 8.41. The summed E-state index contributed by atoms with van der Waals surface area (Å²) in [4.78, 5) is 15.7. The van der Waals surface area contributed by atoms with Crippen LogP contribution in [0, 0.1) is 5.92 Å². The van der Waals surface area contributed by atoms with Gasteiger partial charge in [-0.25, -0.2) is 0 Å². The van der Waals surface area contributed by atoms with Crippen molar-refractivity contribution in [3.05, 3.63) is 35.4 Å². The van der Waals surface area contributed by atoms with Crippen molar-refractivity contribution in [2.24, 2.45) is 5.92 Å². The Balaban J connectivity index is 1.78. The Labute approximate surface area is 127 Å². The third kappa shape index (κ3) is 5.14. The molecule has 0 spiro atoms. The maximum Gasteiger partial charge on any atom is 0.306 e. The fourth-order valence-electron chi connectivity index (χ4n) is 2.64. The molecule has 0 saturated carbocycles. The van der Waals surface area contributed by atoms with Crippen molar-refractivity contribution in [2.75, 3.05) is 39.8 Å².